The minimum absolute atomic E-state index is 0.122. The van der Waals surface area contributed by atoms with Crippen molar-refractivity contribution < 1.29 is 4.79 Å². The quantitative estimate of drug-likeness (QED) is 0.847. The van der Waals surface area contributed by atoms with Crippen LogP contribution in [0.5, 0.6) is 0 Å². The SMILES string of the molecule is C#CC(CC)NC(=O)c1cc(Br)ccc1C. The van der Waals surface area contributed by atoms with Gasteiger partial charge in [-0.25, -0.2) is 0 Å². The summed E-state index contributed by atoms with van der Waals surface area (Å²) in [4.78, 5) is 11.9. The zero-order chi connectivity index (χ0) is 12.1. The van der Waals surface area contributed by atoms with Crippen LogP contribution in [0.4, 0.5) is 0 Å². The van der Waals surface area contributed by atoms with E-state index in [9.17, 15) is 4.79 Å². The Bertz CT molecular complexity index is 434. The van der Waals surface area contributed by atoms with Crippen LogP contribution in [0.3, 0.4) is 0 Å². The second-order valence-electron chi connectivity index (χ2n) is 3.56. The number of aryl methyl sites for hydroxylation is 1. The summed E-state index contributed by atoms with van der Waals surface area (Å²) in [5.74, 6) is 2.42. The first kappa shape index (κ1) is 12.8. The topological polar surface area (TPSA) is 29.1 Å². The van der Waals surface area contributed by atoms with Crippen molar-refractivity contribution in [2.45, 2.75) is 26.3 Å². The van der Waals surface area contributed by atoms with Gasteiger partial charge >= 0.3 is 0 Å². The zero-order valence-electron chi connectivity index (χ0n) is 9.38. The molecule has 1 atom stereocenters. The standard InChI is InChI=1S/C13H14BrNO/c1-4-11(5-2)15-13(16)12-8-10(14)7-6-9(12)3/h1,6-8,11H,5H2,2-3H3,(H,15,16). The molecule has 0 bridgehead atoms. The maximum absolute atomic E-state index is 11.9. The molecule has 0 aromatic heterocycles. The van der Waals surface area contributed by atoms with Gasteiger partial charge in [-0.05, 0) is 31.0 Å². The van der Waals surface area contributed by atoms with Gasteiger partial charge in [-0.1, -0.05) is 34.8 Å². The Hall–Kier alpha value is -1.27. The predicted octanol–water partition coefficient (Wildman–Crippen LogP) is 2.90. The molecule has 84 valence electrons. The Morgan fingerprint density at radius 3 is 2.88 bits per heavy atom. The minimum Gasteiger partial charge on any atom is -0.338 e. The van der Waals surface area contributed by atoms with E-state index in [1.54, 1.807) is 6.07 Å². The molecule has 0 spiro atoms. The highest BCUT2D eigenvalue weighted by atomic mass is 79.9. The van der Waals surface area contributed by atoms with Crippen molar-refractivity contribution in [2.24, 2.45) is 0 Å². The van der Waals surface area contributed by atoms with Crippen LogP contribution in [-0.4, -0.2) is 11.9 Å². The molecule has 2 nitrogen and oxygen atoms in total. The molecular formula is C13H14BrNO. The minimum atomic E-state index is -0.203. The number of carbonyl (C=O) groups excluding carboxylic acids is 1. The summed E-state index contributed by atoms with van der Waals surface area (Å²) in [6.07, 6.45) is 6.04. The van der Waals surface area contributed by atoms with E-state index in [1.165, 1.54) is 0 Å². The van der Waals surface area contributed by atoms with Crippen LogP contribution >= 0.6 is 15.9 Å². The third-order valence-corrected chi connectivity index (χ3v) is 2.85. The molecule has 0 aliphatic carbocycles. The number of terminal acetylenes is 1. The first-order valence-corrected chi connectivity index (χ1v) is 5.91. The fourth-order valence-corrected chi connectivity index (χ4v) is 1.70. The number of hydrogen-bond acceptors (Lipinski definition) is 1. The average molecular weight is 280 g/mol. The van der Waals surface area contributed by atoms with Crippen LogP contribution in [0.15, 0.2) is 22.7 Å². The van der Waals surface area contributed by atoms with Gasteiger partial charge in [0.15, 0.2) is 0 Å². The van der Waals surface area contributed by atoms with Gasteiger partial charge in [-0.2, -0.15) is 0 Å². The van der Waals surface area contributed by atoms with Crippen LogP contribution < -0.4 is 5.32 Å². The van der Waals surface area contributed by atoms with Gasteiger partial charge in [0.25, 0.3) is 5.91 Å². The molecule has 1 amide bonds. The number of nitrogens with one attached hydrogen (secondary N) is 1. The number of carbonyl (C=O) groups is 1. The van der Waals surface area contributed by atoms with E-state index in [2.05, 4.69) is 27.2 Å². The third-order valence-electron chi connectivity index (χ3n) is 2.36. The molecule has 1 rings (SSSR count). The zero-order valence-corrected chi connectivity index (χ0v) is 11.0. The molecular weight excluding hydrogens is 266 g/mol. The second kappa shape index (κ2) is 5.72. The predicted molar refractivity (Wildman–Crippen MR) is 69.3 cm³/mol. The van der Waals surface area contributed by atoms with E-state index in [4.69, 9.17) is 6.42 Å². The fraction of sp³-hybridized carbons (Fsp3) is 0.308. The van der Waals surface area contributed by atoms with Gasteiger partial charge in [0.2, 0.25) is 0 Å². The van der Waals surface area contributed by atoms with Gasteiger partial charge in [-0.15, -0.1) is 6.42 Å². The molecule has 1 N–H and O–H groups in total. The summed E-state index contributed by atoms with van der Waals surface area (Å²) in [6, 6.07) is 5.40. The molecule has 16 heavy (non-hydrogen) atoms. The summed E-state index contributed by atoms with van der Waals surface area (Å²) >= 11 is 3.34. The van der Waals surface area contributed by atoms with Gasteiger partial charge in [-0.3, -0.25) is 4.79 Å². The van der Waals surface area contributed by atoms with E-state index in [0.29, 0.717) is 5.56 Å². The van der Waals surface area contributed by atoms with Crippen molar-refractivity contribution in [1.82, 2.24) is 5.32 Å². The lowest BCUT2D eigenvalue weighted by atomic mass is 10.1. The Morgan fingerprint density at radius 2 is 2.31 bits per heavy atom. The van der Waals surface area contributed by atoms with Crippen molar-refractivity contribution in [3.63, 3.8) is 0 Å². The highest BCUT2D eigenvalue weighted by Crippen LogP contribution is 2.16. The fourth-order valence-electron chi connectivity index (χ4n) is 1.34. The van der Waals surface area contributed by atoms with Gasteiger partial charge in [0.05, 0.1) is 6.04 Å². The first-order chi connectivity index (χ1) is 7.58. The van der Waals surface area contributed by atoms with Crippen LogP contribution in [-0.2, 0) is 0 Å². The van der Waals surface area contributed by atoms with Crippen molar-refractivity contribution >= 4 is 21.8 Å². The number of hydrogen-bond donors (Lipinski definition) is 1. The summed E-state index contributed by atoms with van der Waals surface area (Å²) in [5.41, 5.74) is 1.59. The smallest absolute Gasteiger partial charge is 0.252 e. The third kappa shape index (κ3) is 3.11. The lowest BCUT2D eigenvalue weighted by molar-refractivity contribution is 0.0944. The van der Waals surface area contributed by atoms with E-state index in [-0.39, 0.29) is 11.9 Å². The van der Waals surface area contributed by atoms with Crippen LogP contribution in [0, 0.1) is 19.3 Å². The molecule has 3 heteroatoms. The van der Waals surface area contributed by atoms with Gasteiger partial charge < -0.3 is 5.32 Å². The Kier molecular flexibility index (Phi) is 4.57. The van der Waals surface area contributed by atoms with Crippen molar-refractivity contribution in [1.29, 1.82) is 0 Å². The second-order valence-corrected chi connectivity index (χ2v) is 4.48. The van der Waals surface area contributed by atoms with Crippen molar-refractivity contribution in [3.05, 3.63) is 33.8 Å². The number of amides is 1. The normalized spacial score (nSPS) is 11.6. The van der Waals surface area contributed by atoms with Crippen molar-refractivity contribution in [2.75, 3.05) is 0 Å². The monoisotopic (exact) mass is 279 g/mol. The summed E-state index contributed by atoms with van der Waals surface area (Å²) in [5, 5.41) is 2.80. The molecule has 1 unspecified atom stereocenters. The summed E-state index contributed by atoms with van der Waals surface area (Å²) in [6.45, 7) is 3.84. The molecule has 0 heterocycles. The summed E-state index contributed by atoms with van der Waals surface area (Å²) in [7, 11) is 0. The Morgan fingerprint density at radius 1 is 1.62 bits per heavy atom. The lowest BCUT2D eigenvalue weighted by Gasteiger charge is -2.12. The van der Waals surface area contributed by atoms with Crippen LogP contribution in [0.1, 0.15) is 29.3 Å². The first-order valence-electron chi connectivity index (χ1n) is 5.11. The van der Waals surface area contributed by atoms with Gasteiger partial charge in [0, 0.05) is 10.0 Å². The maximum atomic E-state index is 11.9. The molecule has 0 radical (unpaired) electrons. The maximum Gasteiger partial charge on any atom is 0.252 e. The number of benzene rings is 1. The van der Waals surface area contributed by atoms with Crippen molar-refractivity contribution in [3.8, 4) is 12.3 Å². The summed E-state index contributed by atoms with van der Waals surface area (Å²) < 4.78 is 0.886. The largest absolute Gasteiger partial charge is 0.338 e. The van der Waals surface area contributed by atoms with Gasteiger partial charge in [0.1, 0.15) is 0 Å². The molecule has 0 aliphatic heterocycles. The number of rotatable bonds is 3. The van der Waals surface area contributed by atoms with Crippen LogP contribution in [0.25, 0.3) is 0 Å². The number of halogens is 1. The highest BCUT2D eigenvalue weighted by molar-refractivity contribution is 9.10. The molecule has 0 saturated heterocycles. The molecule has 0 saturated carbocycles. The lowest BCUT2D eigenvalue weighted by Crippen LogP contribution is -2.33. The van der Waals surface area contributed by atoms with E-state index in [1.807, 2.05) is 26.0 Å². The molecule has 1 aromatic rings. The molecule has 0 aliphatic rings. The Labute approximate surface area is 105 Å². The van der Waals surface area contributed by atoms with Crippen LogP contribution in [0.2, 0.25) is 0 Å². The molecule has 0 fully saturated rings. The molecule has 1 aromatic carbocycles. The van der Waals surface area contributed by atoms with E-state index >= 15 is 0 Å². The van der Waals surface area contributed by atoms with E-state index in [0.717, 1.165) is 16.5 Å². The highest BCUT2D eigenvalue weighted by Gasteiger charge is 2.12. The Balaban J connectivity index is 2.89. The van der Waals surface area contributed by atoms with E-state index < -0.39 is 0 Å². The average Bonchev–Trinajstić information content (AvgIpc) is 2.28.